The first-order valence-electron chi connectivity index (χ1n) is 25.4. The molecule has 0 aromatic rings. The van der Waals surface area contributed by atoms with Crippen LogP contribution in [0, 0.1) is 5.41 Å². The normalized spacial score (nSPS) is 14.2. The number of amides is 1. The Morgan fingerprint density at radius 2 is 0.952 bits per heavy atom. The molecule has 3 atom stereocenters. The predicted molar refractivity (Wildman–Crippen MR) is 261 cm³/mol. The van der Waals surface area contributed by atoms with Crippen LogP contribution < -0.4 is 5.32 Å². The smallest absolute Gasteiger partial charge is 0.306 e. The highest BCUT2D eigenvalue weighted by atomic mass is 31.2. The van der Waals surface area contributed by atoms with E-state index in [-0.39, 0.29) is 44.2 Å². The predicted octanol–water partition coefficient (Wildman–Crippen LogP) is 13.2. The van der Waals surface area contributed by atoms with Gasteiger partial charge in [-0.15, -0.1) is 0 Å². The van der Waals surface area contributed by atoms with Gasteiger partial charge in [-0.2, -0.15) is 0 Å². The van der Waals surface area contributed by atoms with Crippen LogP contribution in [-0.4, -0.2) is 81.5 Å². The van der Waals surface area contributed by atoms with Crippen molar-refractivity contribution in [2.75, 3.05) is 33.0 Å². The van der Waals surface area contributed by atoms with Crippen molar-refractivity contribution in [1.82, 2.24) is 5.32 Å². The van der Waals surface area contributed by atoms with E-state index in [1.807, 2.05) is 20.8 Å². The van der Waals surface area contributed by atoms with Crippen LogP contribution in [0.3, 0.4) is 0 Å². The minimum atomic E-state index is -3.62. The van der Waals surface area contributed by atoms with Gasteiger partial charge in [0.15, 0.2) is 6.10 Å². The van der Waals surface area contributed by atoms with Crippen LogP contribution in [0.2, 0.25) is 0 Å². The zero-order valence-corrected chi connectivity index (χ0v) is 42.1. The number of rotatable bonds is 45. The Hall–Kier alpha value is -1.39. The second-order valence-corrected chi connectivity index (χ2v) is 21.0. The summed E-state index contributed by atoms with van der Waals surface area (Å²) < 4.78 is 27.9. The maximum absolute atomic E-state index is 12.9. The Kier molecular flexibility index (Phi) is 39.0. The summed E-state index contributed by atoms with van der Waals surface area (Å²) in [7, 11) is 2.43. The third kappa shape index (κ3) is 41.3. The lowest BCUT2D eigenvalue weighted by Crippen LogP contribution is -2.49. The van der Waals surface area contributed by atoms with Gasteiger partial charge in [-0.25, -0.2) is 0 Å². The van der Waals surface area contributed by atoms with Crippen LogP contribution >= 0.6 is 7.57 Å². The molecule has 0 spiro atoms. The van der Waals surface area contributed by atoms with Crippen molar-refractivity contribution in [3.05, 3.63) is 0 Å². The highest BCUT2D eigenvalue weighted by Crippen LogP contribution is 2.42. The molecule has 2 radical (unpaired) electrons. The topological polar surface area (TPSA) is 130 Å². The average Bonchev–Trinajstić information content (AvgIpc) is 3.22. The van der Waals surface area contributed by atoms with Gasteiger partial charge in [0.1, 0.15) is 20.0 Å². The monoisotopic (exact) mass is 898 g/mol. The van der Waals surface area contributed by atoms with E-state index in [4.69, 9.17) is 31.1 Å². The maximum Gasteiger partial charge on any atom is 0.306 e. The molecule has 1 amide bonds. The van der Waals surface area contributed by atoms with Crippen LogP contribution in [0.4, 0.5) is 0 Å². The van der Waals surface area contributed by atoms with E-state index in [2.05, 4.69) is 25.5 Å². The fourth-order valence-electron chi connectivity index (χ4n) is 7.10. The van der Waals surface area contributed by atoms with Crippen molar-refractivity contribution in [2.45, 2.75) is 259 Å². The molecule has 2 unspecified atom stereocenters. The highest BCUT2D eigenvalue weighted by molar-refractivity contribution is 7.58. The molecule has 0 bridgehead atoms. The van der Waals surface area contributed by atoms with E-state index < -0.39 is 31.0 Å². The maximum atomic E-state index is 12.9. The van der Waals surface area contributed by atoms with Gasteiger partial charge in [-0.1, -0.05) is 214 Å². The fraction of sp³-hybridized carbons (Fsp3) is 0.920. The molecule has 0 saturated heterocycles. The Bertz CT molecular complexity index is 1130. The summed E-state index contributed by atoms with van der Waals surface area (Å²) >= 11 is 0. The van der Waals surface area contributed by atoms with Crippen LogP contribution in [0.5, 0.6) is 0 Å². The summed E-state index contributed by atoms with van der Waals surface area (Å²) in [6, 6.07) is 0. The number of carbonyl (C=O) groups excluding carboxylic acids is 3. The lowest BCUT2D eigenvalue weighted by Gasteiger charge is -2.29. The lowest BCUT2D eigenvalue weighted by molar-refractivity contribution is -0.161. The molecule has 62 heavy (non-hydrogen) atoms. The van der Waals surface area contributed by atoms with Gasteiger partial charge >= 0.3 is 11.9 Å². The zero-order valence-electron chi connectivity index (χ0n) is 41.2. The molecule has 0 saturated carbocycles. The van der Waals surface area contributed by atoms with E-state index in [1.165, 1.54) is 161 Å². The average molecular weight is 898 g/mol. The Labute approximate surface area is 383 Å². The van der Waals surface area contributed by atoms with Crippen LogP contribution in [0.1, 0.15) is 247 Å². The molecule has 0 aromatic heterocycles. The number of hydrogen-bond acceptors (Lipinski definition) is 9. The van der Waals surface area contributed by atoms with Gasteiger partial charge in [0.25, 0.3) is 0 Å². The number of carbonyl (C=O) groups is 3. The van der Waals surface area contributed by atoms with Gasteiger partial charge in [-0.05, 0) is 31.5 Å². The van der Waals surface area contributed by atoms with Gasteiger partial charge in [-0.3, -0.25) is 14.4 Å². The number of unbranched alkanes of at least 4 members (excludes halogenated alkanes) is 28. The largest absolute Gasteiger partial charge is 0.462 e. The van der Waals surface area contributed by atoms with Gasteiger partial charge in [0.05, 0.1) is 19.8 Å². The molecular weight excluding hydrogens is 800 g/mol. The van der Waals surface area contributed by atoms with Crippen molar-refractivity contribution in [1.29, 1.82) is 0 Å². The quantitative estimate of drug-likeness (QED) is 0.0266. The number of hydrogen-bond donors (Lipinski definition) is 2. The molecule has 0 aliphatic rings. The summed E-state index contributed by atoms with van der Waals surface area (Å²) in [6.45, 7) is 11.7. The minimum absolute atomic E-state index is 0.0281. The minimum Gasteiger partial charge on any atom is -0.462 e. The second kappa shape index (κ2) is 39.9. The summed E-state index contributed by atoms with van der Waals surface area (Å²) in [5.41, 5.74) is -1.70. The molecule has 0 heterocycles. The second-order valence-electron chi connectivity index (χ2n) is 19.2. The van der Waals surface area contributed by atoms with Gasteiger partial charge < -0.3 is 33.5 Å². The highest BCUT2D eigenvalue weighted by Gasteiger charge is 2.29. The lowest BCUT2D eigenvalue weighted by atomic mass is 9.82. The van der Waals surface area contributed by atoms with Crippen molar-refractivity contribution in [3.8, 4) is 0 Å². The van der Waals surface area contributed by atoms with Crippen LogP contribution in [0.25, 0.3) is 0 Å². The van der Waals surface area contributed by atoms with E-state index in [0.717, 1.165) is 32.1 Å². The first kappa shape index (κ1) is 60.6. The van der Waals surface area contributed by atoms with Crippen molar-refractivity contribution in [3.63, 3.8) is 0 Å². The molecule has 0 fully saturated rings. The molecule has 0 aromatic carbocycles. The summed E-state index contributed by atoms with van der Waals surface area (Å²) in [5.74, 6) is -1.28. The molecule has 2 N–H and O–H groups in total. The molecule has 364 valence electrons. The molecular formula is C50H97BNO9P. The summed E-state index contributed by atoms with van der Waals surface area (Å²) in [5, 5.41) is 2.64. The Morgan fingerprint density at radius 1 is 0.581 bits per heavy atom. The van der Waals surface area contributed by atoms with Crippen molar-refractivity contribution in [2.24, 2.45) is 5.41 Å². The van der Waals surface area contributed by atoms with Gasteiger partial charge in [0, 0.05) is 19.4 Å². The third-order valence-electron chi connectivity index (χ3n) is 11.1. The SMILES string of the molecule is [B]C(C)(OCC(C)(C)C)C(=O)NCCOP(=C)(O)OC[C@@H](COC(=O)CCCCCCCCCCCCCCCCC)OC(=O)CCCCCCCCCCCCCCCCC. The molecule has 0 aliphatic heterocycles. The number of nitrogens with one attached hydrogen (secondary N) is 1. The first-order valence-corrected chi connectivity index (χ1v) is 27.2. The van der Waals surface area contributed by atoms with Crippen LogP contribution in [0.15, 0.2) is 0 Å². The summed E-state index contributed by atoms with van der Waals surface area (Å²) in [6.07, 6.45) is 40.6. The van der Waals surface area contributed by atoms with Gasteiger partial charge in [0.2, 0.25) is 13.5 Å². The number of esters is 2. The van der Waals surface area contributed by atoms with E-state index >= 15 is 0 Å². The van der Waals surface area contributed by atoms with Crippen molar-refractivity contribution >= 4 is 39.6 Å². The molecule has 0 rings (SSSR count). The third-order valence-corrected chi connectivity index (χ3v) is 12.2. The van der Waals surface area contributed by atoms with E-state index in [1.54, 1.807) is 0 Å². The fourth-order valence-corrected chi connectivity index (χ4v) is 7.95. The molecule has 10 nitrogen and oxygen atoms in total. The molecule has 12 heteroatoms. The van der Waals surface area contributed by atoms with E-state index in [0.29, 0.717) is 19.4 Å². The Balaban J connectivity index is 4.62. The number of ether oxygens (including phenoxy) is 3. The molecule has 0 aliphatic carbocycles. The zero-order chi connectivity index (χ0) is 46.2. The standard InChI is InChI=1S/C50H97BNO9P/c1-8-10-12-14-16-18-20-22-24-26-28-30-32-34-36-38-46(53)57-42-45(43-60-62(7,56)59-41-40-52-48(55)50(6,51)58-44-49(3,4)5)61-47(54)39-37-35-33-31-29-27-25-23-21-19-17-15-13-11-9-2/h45,56H,7-44H2,1-6H3,(H,52,55)/t45-,50?,62?/m1/s1. The first-order chi connectivity index (χ1) is 29.6. The Morgan fingerprint density at radius 3 is 1.34 bits per heavy atom. The summed E-state index contributed by atoms with van der Waals surface area (Å²) in [4.78, 5) is 48.9. The van der Waals surface area contributed by atoms with E-state index in [9.17, 15) is 19.3 Å². The van der Waals surface area contributed by atoms with Crippen LogP contribution in [-0.2, 0) is 37.6 Å². The van der Waals surface area contributed by atoms with Crippen molar-refractivity contribution < 1.29 is 42.5 Å².